The van der Waals surface area contributed by atoms with Crippen LogP contribution in [-0.4, -0.2) is 20.4 Å². The van der Waals surface area contributed by atoms with Gasteiger partial charge in [-0.1, -0.05) is 13.8 Å². The van der Waals surface area contributed by atoms with Crippen LogP contribution in [0.1, 0.15) is 29.9 Å². The molecule has 0 aliphatic rings. The molecule has 0 radical (unpaired) electrons. The van der Waals surface area contributed by atoms with Gasteiger partial charge in [0.1, 0.15) is 0 Å². The number of carbonyl (C=O) groups is 1. The highest BCUT2D eigenvalue weighted by Crippen LogP contribution is 2.10. The minimum Gasteiger partial charge on any atom is -0.325 e. The van der Waals surface area contributed by atoms with E-state index in [1.807, 2.05) is 10.8 Å². The zero-order chi connectivity index (χ0) is 14.5. The summed E-state index contributed by atoms with van der Waals surface area (Å²) in [4.78, 5) is 20.4. The summed E-state index contributed by atoms with van der Waals surface area (Å²) < 4.78 is 1.92. The van der Waals surface area contributed by atoms with E-state index >= 15 is 0 Å². The Morgan fingerprint density at radius 1 is 1.40 bits per heavy atom. The van der Waals surface area contributed by atoms with E-state index in [1.54, 1.807) is 24.5 Å². The van der Waals surface area contributed by atoms with Gasteiger partial charge in [-0.05, 0) is 18.1 Å². The molecule has 2 heterocycles. The summed E-state index contributed by atoms with van der Waals surface area (Å²) in [6.07, 6.45) is 5.11. The molecule has 6 nitrogen and oxygen atoms in total. The van der Waals surface area contributed by atoms with Crippen molar-refractivity contribution < 1.29 is 4.79 Å². The lowest BCUT2D eigenvalue weighted by atomic mass is 10.2. The third-order valence-corrected chi connectivity index (χ3v) is 2.79. The maximum Gasteiger partial charge on any atom is 0.258 e. The van der Waals surface area contributed by atoms with E-state index in [4.69, 9.17) is 5.73 Å². The van der Waals surface area contributed by atoms with Crippen molar-refractivity contribution in [3.8, 4) is 0 Å². The molecule has 0 aliphatic heterocycles. The van der Waals surface area contributed by atoms with Gasteiger partial charge in [0.15, 0.2) is 0 Å². The zero-order valence-electron chi connectivity index (χ0n) is 11.7. The summed E-state index contributed by atoms with van der Waals surface area (Å²) in [6, 6.07) is 3.34. The molecule has 0 aliphatic carbocycles. The first-order valence-corrected chi connectivity index (χ1v) is 6.57. The van der Waals surface area contributed by atoms with Gasteiger partial charge < -0.3 is 10.3 Å². The van der Waals surface area contributed by atoms with Crippen LogP contribution in [-0.2, 0) is 13.1 Å². The highest BCUT2D eigenvalue weighted by Gasteiger charge is 2.11. The van der Waals surface area contributed by atoms with Crippen molar-refractivity contribution >= 4 is 11.9 Å². The van der Waals surface area contributed by atoms with Gasteiger partial charge >= 0.3 is 0 Å². The summed E-state index contributed by atoms with van der Waals surface area (Å²) in [5, 5.41) is 2.81. The van der Waals surface area contributed by atoms with Gasteiger partial charge in [-0.15, -0.1) is 0 Å². The van der Waals surface area contributed by atoms with Gasteiger partial charge in [-0.3, -0.25) is 15.1 Å². The molecule has 0 fully saturated rings. The zero-order valence-corrected chi connectivity index (χ0v) is 11.7. The van der Waals surface area contributed by atoms with E-state index in [1.165, 1.54) is 0 Å². The lowest BCUT2D eigenvalue weighted by molar-refractivity contribution is 0.102. The smallest absolute Gasteiger partial charge is 0.258 e. The van der Waals surface area contributed by atoms with Crippen molar-refractivity contribution in [2.75, 3.05) is 5.32 Å². The van der Waals surface area contributed by atoms with Crippen molar-refractivity contribution in [1.82, 2.24) is 14.5 Å². The predicted molar refractivity (Wildman–Crippen MR) is 77.1 cm³/mol. The first-order valence-electron chi connectivity index (χ1n) is 6.57. The average molecular weight is 273 g/mol. The van der Waals surface area contributed by atoms with Gasteiger partial charge in [0, 0.05) is 37.2 Å². The molecule has 0 bridgehead atoms. The number of carbonyl (C=O) groups excluding carboxylic acids is 1. The van der Waals surface area contributed by atoms with E-state index in [2.05, 4.69) is 29.1 Å². The number of anilines is 1. The normalized spacial score (nSPS) is 10.8. The van der Waals surface area contributed by atoms with Crippen molar-refractivity contribution in [3.05, 3.63) is 42.0 Å². The van der Waals surface area contributed by atoms with Gasteiger partial charge in [-0.2, -0.15) is 0 Å². The minimum absolute atomic E-state index is 0.210. The number of aromatic nitrogens is 3. The summed E-state index contributed by atoms with van der Waals surface area (Å²) in [6.45, 7) is 5.34. The third-order valence-electron chi connectivity index (χ3n) is 2.79. The Labute approximate surface area is 118 Å². The highest BCUT2D eigenvalue weighted by atomic mass is 16.1. The fourth-order valence-corrected chi connectivity index (χ4v) is 1.88. The van der Waals surface area contributed by atoms with Crippen LogP contribution in [0.25, 0.3) is 0 Å². The number of hydrogen-bond acceptors (Lipinski definition) is 4. The molecule has 20 heavy (non-hydrogen) atoms. The van der Waals surface area contributed by atoms with Gasteiger partial charge in [0.05, 0.1) is 5.69 Å². The van der Waals surface area contributed by atoms with Gasteiger partial charge in [0.25, 0.3) is 5.91 Å². The first-order chi connectivity index (χ1) is 9.60. The fraction of sp³-hybridized carbons (Fsp3) is 0.357. The molecular weight excluding hydrogens is 254 g/mol. The van der Waals surface area contributed by atoms with Crippen molar-refractivity contribution in [1.29, 1.82) is 0 Å². The molecule has 6 heteroatoms. The number of hydrogen-bond donors (Lipinski definition) is 2. The number of nitrogens with zero attached hydrogens (tertiary/aromatic N) is 3. The summed E-state index contributed by atoms with van der Waals surface area (Å²) >= 11 is 0. The summed E-state index contributed by atoms with van der Waals surface area (Å²) in [5.74, 6) is 0.817. The van der Waals surface area contributed by atoms with E-state index in [0.717, 1.165) is 6.54 Å². The summed E-state index contributed by atoms with van der Waals surface area (Å²) in [5.41, 5.74) is 6.73. The average Bonchev–Trinajstić information content (AvgIpc) is 2.85. The molecule has 0 saturated carbocycles. The number of nitrogens with two attached hydrogens (primary N) is 1. The van der Waals surface area contributed by atoms with Crippen LogP contribution in [0.3, 0.4) is 0 Å². The molecule has 3 N–H and O–H groups in total. The second-order valence-electron chi connectivity index (χ2n) is 4.99. The Morgan fingerprint density at radius 2 is 2.20 bits per heavy atom. The van der Waals surface area contributed by atoms with Crippen LogP contribution >= 0.6 is 0 Å². The second-order valence-corrected chi connectivity index (χ2v) is 4.99. The number of nitrogens with one attached hydrogen (secondary N) is 1. The Morgan fingerprint density at radius 3 is 2.90 bits per heavy atom. The van der Waals surface area contributed by atoms with Crippen LogP contribution < -0.4 is 11.1 Å². The third kappa shape index (κ3) is 3.42. The van der Waals surface area contributed by atoms with Gasteiger partial charge in [0.2, 0.25) is 5.95 Å². The minimum atomic E-state index is -0.210. The fourth-order valence-electron chi connectivity index (χ4n) is 1.88. The lowest BCUT2D eigenvalue weighted by Crippen LogP contribution is -2.17. The Bertz CT molecular complexity index is 591. The number of imidazole rings is 1. The van der Waals surface area contributed by atoms with Crippen LogP contribution in [0.2, 0.25) is 0 Å². The largest absolute Gasteiger partial charge is 0.325 e. The SMILES string of the molecule is CC(C)Cn1ccnc1NC(=O)c1ccnc(CN)c1. The Kier molecular flexibility index (Phi) is 4.47. The van der Waals surface area contributed by atoms with Gasteiger partial charge in [-0.25, -0.2) is 4.98 Å². The monoisotopic (exact) mass is 273 g/mol. The number of pyridine rings is 1. The Hall–Kier alpha value is -2.21. The summed E-state index contributed by atoms with van der Waals surface area (Å²) in [7, 11) is 0. The maximum atomic E-state index is 12.2. The number of rotatable bonds is 5. The lowest BCUT2D eigenvalue weighted by Gasteiger charge is -2.11. The topological polar surface area (TPSA) is 85.8 Å². The van der Waals surface area contributed by atoms with Crippen LogP contribution in [0, 0.1) is 5.92 Å². The standard InChI is InChI=1S/C14H19N5O/c1-10(2)9-19-6-5-17-14(19)18-13(20)11-3-4-16-12(7-11)8-15/h3-7,10H,8-9,15H2,1-2H3,(H,17,18,20). The molecule has 2 aromatic heterocycles. The molecule has 0 saturated heterocycles. The molecule has 2 aromatic rings. The predicted octanol–water partition coefficient (Wildman–Crippen LogP) is 1.65. The quantitative estimate of drug-likeness (QED) is 0.867. The van der Waals surface area contributed by atoms with Crippen molar-refractivity contribution in [2.45, 2.75) is 26.9 Å². The van der Waals surface area contributed by atoms with Crippen LogP contribution in [0.15, 0.2) is 30.7 Å². The molecule has 0 atom stereocenters. The Balaban J connectivity index is 2.13. The molecule has 2 rings (SSSR count). The maximum absolute atomic E-state index is 12.2. The molecular formula is C14H19N5O. The molecule has 0 aromatic carbocycles. The van der Waals surface area contributed by atoms with Crippen molar-refractivity contribution in [2.24, 2.45) is 11.7 Å². The van der Waals surface area contributed by atoms with Crippen LogP contribution in [0.5, 0.6) is 0 Å². The molecule has 0 unspecified atom stereocenters. The second kappa shape index (κ2) is 6.29. The first kappa shape index (κ1) is 14.2. The van der Waals surface area contributed by atoms with E-state index in [9.17, 15) is 4.79 Å². The van der Waals surface area contributed by atoms with Crippen molar-refractivity contribution in [3.63, 3.8) is 0 Å². The van der Waals surface area contributed by atoms with Crippen LogP contribution in [0.4, 0.5) is 5.95 Å². The molecule has 106 valence electrons. The van der Waals surface area contributed by atoms with E-state index in [0.29, 0.717) is 29.7 Å². The molecule has 0 spiro atoms. The highest BCUT2D eigenvalue weighted by molar-refractivity contribution is 6.03. The van der Waals surface area contributed by atoms with E-state index in [-0.39, 0.29) is 5.91 Å². The molecule has 1 amide bonds. The number of amides is 1. The van der Waals surface area contributed by atoms with E-state index < -0.39 is 0 Å².